The van der Waals surface area contributed by atoms with Crippen molar-refractivity contribution in [2.24, 2.45) is 0 Å². The Morgan fingerprint density at radius 1 is 1.11 bits per heavy atom. The summed E-state index contributed by atoms with van der Waals surface area (Å²) < 4.78 is 36.0. The summed E-state index contributed by atoms with van der Waals surface area (Å²) in [6.45, 7) is 0.370. The van der Waals surface area contributed by atoms with Crippen molar-refractivity contribution in [1.82, 2.24) is 0 Å². The number of benzene rings is 2. The predicted octanol–water partition coefficient (Wildman–Crippen LogP) is 3.15. The standard InChI is InChI=1S/C18H19ClN2O5S/c1-25-16-7-4-12(10-17(16)26-2)18(22)20-13-5-6-14(19)15(11-13)21-8-3-9-27(21,23)24/h4-7,10-11H,3,8-9H2,1-2H3,(H,20,22). The maximum Gasteiger partial charge on any atom is 0.255 e. The second kappa shape index (κ2) is 7.66. The Labute approximate surface area is 162 Å². The van der Waals surface area contributed by atoms with Gasteiger partial charge in [0, 0.05) is 17.8 Å². The lowest BCUT2D eigenvalue weighted by atomic mass is 10.1. The topological polar surface area (TPSA) is 84.9 Å². The maximum absolute atomic E-state index is 12.6. The van der Waals surface area contributed by atoms with Gasteiger partial charge in [0.25, 0.3) is 5.91 Å². The Morgan fingerprint density at radius 2 is 1.85 bits per heavy atom. The molecule has 0 unspecified atom stereocenters. The van der Waals surface area contributed by atoms with E-state index in [1.54, 1.807) is 36.4 Å². The minimum atomic E-state index is -3.37. The summed E-state index contributed by atoms with van der Waals surface area (Å²) in [6.07, 6.45) is 0.543. The molecule has 1 fully saturated rings. The van der Waals surface area contributed by atoms with E-state index in [2.05, 4.69) is 5.32 Å². The number of nitrogens with one attached hydrogen (secondary N) is 1. The number of halogens is 1. The third kappa shape index (κ3) is 3.96. The van der Waals surface area contributed by atoms with Crippen LogP contribution in [0.2, 0.25) is 5.02 Å². The summed E-state index contributed by atoms with van der Waals surface area (Å²) in [5.41, 5.74) is 1.17. The summed E-state index contributed by atoms with van der Waals surface area (Å²) in [5, 5.41) is 3.06. The number of rotatable bonds is 5. The fourth-order valence-electron chi connectivity index (χ4n) is 2.87. The van der Waals surface area contributed by atoms with E-state index in [0.717, 1.165) is 0 Å². The van der Waals surface area contributed by atoms with E-state index in [4.69, 9.17) is 21.1 Å². The van der Waals surface area contributed by atoms with Crippen LogP contribution in [0.3, 0.4) is 0 Å². The average molecular weight is 411 g/mol. The van der Waals surface area contributed by atoms with Gasteiger partial charge in [-0.25, -0.2) is 8.42 Å². The minimum Gasteiger partial charge on any atom is -0.493 e. The molecule has 0 bridgehead atoms. The van der Waals surface area contributed by atoms with Gasteiger partial charge in [0.2, 0.25) is 10.0 Å². The van der Waals surface area contributed by atoms with Crippen LogP contribution in [0, 0.1) is 0 Å². The Hall–Kier alpha value is -2.45. The van der Waals surface area contributed by atoms with Crippen molar-refractivity contribution in [2.75, 3.05) is 36.1 Å². The molecule has 1 saturated heterocycles. The number of ether oxygens (including phenoxy) is 2. The van der Waals surface area contributed by atoms with Crippen molar-refractivity contribution in [1.29, 1.82) is 0 Å². The van der Waals surface area contributed by atoms with Crippen molar-refractivity contribution in [2.45, 2.75) is 6.42 Å². The lowest BCUT2D eigenvalue weighted by Gasteiger charge is -2.19. The van der Waals surface area contributed by atoms with Crippen molar-refractivity contribution >= 4 is 38.9 Å². The molecule has 7 nitrogen and oxygen atoms in total. The first-order chi connectivity index (χ1) is 12.9. The van der Waals surface area contributed by atoms with Gasteiger partial charge in [0.1, 0.15) is 0 Å². The molecule has 1 N–H and O–H groups in total. The van der Waals surface area contributed by atoms with Gasteiger partial charge in [0.15, 0.2) is 11.5 Å². The lowest BCUT2D eigenvalue weighted by Crippen LogP contribution is -2.25. The second-order valence-corrected chi connectivity index (χ2v) is 8.35. The molecule has 2 aromatic carbocycles. The summed E-state index contributed by atoms with van der Waals surface area (Å²) in [5.74, 6) is 0.673. The largest absolute Gasteiger partial charge is 0.493 e. The van der Waals surface area contributed by atoms with Crippen molar-refractivity contribution in [3.05, 3.63) is 47.0 Å². The molecule has 1 amide bonds. The first-order valence-electron chi connectivity index (χ1n) is 8.19. The van der Waals surface area contributed by atoms with Crippen LogP contribution in [0.1, 0.15) is 16.8 Å². The molecule has 2 aromatic rings. The molecule has 0 radical (unpaired) electrons. The van der Waals surface area contributed by atoms with Crippen molar-refractivity contribution < 1.29 is 22.7 Å². The average Bonchev–Trinajstić information content (AvgIpc) is 3.01. The molecule has 144 valence electrons. The highest BCUT2D eigenvalue weighted by molar-refractivity contribution is 7.93. The van der Waals surface area contributed by atoms with Gasteiger partial charge in [-0.2, -0.15) is 0 Å². The van der Waals surface area contributed by atoms with Gasteiger partial charge >= 0.3 is 0 Å². The van der Waals surface area contributed by atoms with Crippen molar-refractivity contribution in [3.63, 3.8) is 0 Å². The zero-order valence-corrected chi connectivity index (χ0v) is 16.4. The fourth-order valence-corrected chi connectivity index (χ4v) is 4.71. The first kappa shape index (κ1) is 19.3. The predicted molar refractivity (Wildman–Crippen MR) is 105 cm³/mol. The molecular formula is C18H19ClN2O5S. The summed E-state index contributed by atoms with van der Waals surface area (Å²) in [7, 11) is -0.370. The number of nitrogens with zero attached hydrogens (tertiary/aromatic N) is 1. The fraction of sp³-hybridized carbons (Fsp3) is 0.278. The van der Waals surface area contributed by atoms with E-state index in [-0.39, 0.29) is 11.7 Å². The van der Waals surface area contributed by atoms with Gasteiger partial charge in [-0.05, 0) is 42.8 Å². The maximum atomic E-state index is 12.6. The number of carbonyl (C=O) groups is 1. The van der Waals surface area contributed by atoms with E-state index >= 15 is 0 Å². The molecule has 1 aliphatic heterocycles. The van der Waals surface area contributed by atoms with Gasteiger partial charge < -0.3 is 14.8 Å². The number of methoxy groups -OCH3 is 2. The minimum absolute atomic E-state index is 0.0888. The first-order valence-corrected chi connectivity index (χ1v) is 10.2. The molecule has 9 heteroatoms. The van der Waals surface area contributed by atoms with Gasteiger partial charge in [0.05, 0.1) is 30.7 Å². The molecular weight excluding hydrogens is 392 g/mol. The van der Waals surface area contributed by atoms with Crippen LogP contribution in [-0.2, 0) is 10.0 Å². The Bertz CT molecular complexity index is 978. The number of hydrogen-bond donors (Lipinski definition) is 1. The molecule has 0 saturated carbocycles. The van der Waals surface area contributed by atoms with Gasteiger partial charge in [-0.1, -0.05) is 11.6 Å². The molecule has 0 atom stereocenters. The Balaban J connectivity index is 1.86. The van der Waals surface area contributed by atoms with Crippen LogP contribution in [0.4, 0.5) is 11.4 Å². The van der Waals surface area contributed by atoms with Gasteiger partial charge in [-0.15, -0.1) is 0 Å². The molecule has 0 aromatic heterocycles. The smallest absolute Gasteiger partial charge is 0.255 e. The summed E-state index contributed by atoms with van der Waals surface area (Å²) >= 11 is 6.18. The number of hydrogen-bond acceptors (Lipinski definition) is 5. The van der Waals surface area contributed by atoms with E-state index in [9.17, 15) is 13.2 Å². The summed E-state index contributed by atoms with van der Waals surface area (Å²) in [6, 6.07) is 9.55. The highest BCUT2D eigenvalue weighted by Gasteiger charge is 2.30. The van der Waals surface area contributed by atoms with Crippen LogP contribution in [-0.4, -0.2) is 40.8 Å². The lowest BCUT2D eigenvalue weighted by molar-refractivity contribution is 0.102. The highest BCUT2D eigenvalue weighted by atomic mass is 35.5. The second-order valence-electron chi connectivity index (χ2n) is 5.93. The van der Waals surface area contributed by atoms with E-state index in [0.29, 0.717) is 46.4 Å². The highest BCUT2D eigenvalue weighted by Crippen LogP contribution is 2.34. The Kier molecular flexibility index (Phi) is 5.48. The van der Waals surface area contributed by atoms with Crippen molar-refractivity contribution in [3.8, 4) is 11.5 Å². The monoisotopic (exact) mass is 410 g/mol. The Morgan fingerprint density at radius 3 is 2.48 bits per heavy atom. The third-order valence-corrected chi connectivity index (χ3v) is 6.39. The SMILES string of the molecule is COc1ccc(C(=O)Nc2ccc(Cl)c(N3CCCS3(=O)=O)c2)cc1OC. The molecule has 27 heavy (non-hydrogen) atoms. The molecule has 0 aliphatic carbocycles. The number of carbonyl (C=O) groups excluding carboxylic acids is 1. The van der Waals surface area contributed by atoms with Crippen LogP contribution < -0.4 is 19.1 Å². The molecule has 3 rings (SSSR count). The molecule has 0 spiro atoms. The molecule has 1 aliphatic rings. The van der Waals surface area contributed by atoms with E-state index in [1.165, 1.54) is 18.5 Å². The third-order valence-electron chi connectivity index (χ3n) is 4.22. The van der Waals surface area contributed by atoms with Gasteiger partial charge in [-0.3, -0.25) is 9.10 Å². The number of anilines is 2. The van der Waals surface area contributed by atoms with Crippen LogP contribution in [0.15, 0.2) is 36.4 Å². The molecule has 1 heterocycles. The van der Waals surface area contributed by atoms with Crippen LogP contribution in [0.5, 0.6) is 11.5 Å². The normalized spacial score (nSPS) is 15.4. The summed E-state index contributed by atoms with van der Waals surface area (Å²) in [4.78, 5) is 12.6. The number of amides is 1. The number of sulfonamides is 1. The van der Waals surface area contributed by atoms with Crippen LogP contribution >= 0.6 is 11.6 Å². The van der Waals surface area contributed by atoms with Crippen LogP contribution in [0.25, 0.3) is 0 Å². The zero-order chi connectivity index (χ0) is 19.6. The van der Waals surface area contributed by atoms with E-state index in [1.807, 2.05) is 0 Å². The van der Waals surface area contributed by atoms with E-state index < -0.39 is 10.0 Å². The zero-order valence-electron chi connectivity index (χ0n) is 14.9. The quantitative estimate of drug-likeness (QED) is 0.818.